The van der Waals surface area contributed by atoms with E-state index in [4.69, 9.17) is 14.5 Å². The zero-order valence-corrected chi connectivity index (χ0v) is 30.5. The number of amides is 5. The molecule has 4 heterocycles. The molecule has 2 atom stereocenters. The Kier molecular flexibility index (Phi) is 13.2. The Labute approximate surface area is 311 Å². The van der Waals surface area contributed by atoms with Crippen LogP contribution in [0, 0.1) is 11.6 Å². The molecular weight excluding hydrogens is 707 g/mol. The summed E-state index contributed by atoms with van der Waals surface area (Å²) >= 11 is 1.45. The number of thiazole rings is 1. The highest BCUT2D eigenvalue weighted by Gasteiger charge is 2.39. The van der Waals surface area contributed by atoms with E-state index in [9.17, 15) is 28.0 Å². The van der Waals surface area contributed by atoms with Crippen LogP contribution in [0.15, 0.2) is 41.8 Å². The first-order valence-electron chi connectivity index (χ1n) is 18.5. The van der Waals surface area contributed by atoms with E-state index in [1.165, 1.54) is 22.3 Å². The largest absolute Gasteiger partial charge is 0.480 e. The minimum atomic E-state index is -1.14. The van der Waals surface area contributed by atoms with Gasteiger partial charge in [-0.25, -0.2) is 14.2 Å². The second-order valence-corrected chi connectivity index (χ2v) is 14.4. The number of fused-ring (bicyclic) bond motifs is 2. The maximum absolute atomic E-state index is 14.9. The van der Waals surface area contributed by atoms with Gasteiger partial charge in [0.25, 0.3) is 11.8 Å². The summed E-state index contributed by atoms with van der Waals surface area (Å²) in [5.41, 5.74) is 1.92. The summed E-state index contributed by atoms with van der Waals surface area (Å²) in [5.74, 6) is -3.38. The highest BCUT2D eigenvalue weighted by molar-refractivity contribution is 7.14. The van der Waals surface area contributed by atoms with Gasteiger partial charge in [0.05, 0.1) is 31.0 Å². The van der Waals surface area contributed by atoms with E-state index in [1.54, 1.807) is 29.6 Å². The average molecular weight is 753 g/mol. The van der Waals surface area contributed by atoms with Crippen LogP contribution in [-0.4, -0.2) is 80.3 Å². The number of anilines is 2. The second-order valence-electron chi connectivity index (χ2n) is 13.6. The summed E-state index contributed by atoms with van der Waals surface area (Å²) in [6, 6.07) is 9.31. The van der Waals surface area contributed by atoms with Crippen molar-refractivity contribution in [1.82, 2.24) is 20.9 Å². The predicted octanol–water partition coefficient (Wildman–Crippen LogP) is 5.95. The quantitative estimate of drug-likeness (QED) is 0.136. The van der Waals surface area contributed by atoms with Gasteiger partial charge in [-0.05, 0) is 62.1 Å². The molecule has 3 N–H and O–H groups in total. The van der Waals surface area contributed by atoms with E-state index in [2.05, 4.69) is 20.9 Å². The lowest BCUT2D eigenvalue weighted by atomic mass is 10.1. The maximum Gasteiger partial charge on any atom is 0.328 e. The van der Waals surface area contributed by atoms with Crippen LogP contribution in [0.1, 0.15) is 81.0 Å². The summed E-state index contributed by atoms with van der Waals surface area (Å²) in [7, 11) is 0. The summed E-state index contributed by atoms with van der Waals surface area (Å²) in [6.07, 6.45) is 10.2. The van der Waals surface area contributed by atoms with Gasteiger partial charge in [-0.2, -0.15) is 4.39 Å². The van der Waals surface area contributed by atoms with Crippen LogP contribution in [0.2, 0.25) is 0 Å². The number of nitrogens with one attached hydrogen (secondary N) is 3. The van der Waals surface area contributed by atoms with E-state index in [-0.39, 0.29) is 36.1 Å². The number of benzene rings is 2. The van der Waals surface area contributed by atoms with Crippen molar-refractivity contribution in [3.05, 3.63) is 59.0 Å². The van der Waals surface area contributed by atoms with Gasteiger partial charge in [-0.1, -0.05) is 38.5 Å². The maximum atomic E-state index is 14.9. The van der Waals surface area contributed by atoms with Gasteiger partial charge in [0.1, 0.15) is 0 Å². The Morgan fingerprint density at radius 1 is 0.906 bits per heavy atom. The Bertz CT molecular complexity index is 1740. The van der Waals surface area contributed by atoms with Crippen LogP contribution in [0.4, 0.5) is 24.4 Å². The lowest BCUT2D eigenvalue weighted by Crippen LogP contribution is -2.49. The number of aromatic nitrogens is 1. The van der Waals surface area contributed by atoms with Crippen molar-refractivity contribution >= 4 is 45.9 Å². The van der Waals surface area contributed by atoms with Gasteiger partial charge < -0.3 is 25.0 Å². The molecule has 0 saturated carbocycles. The molecule has 1 aromatic heterocycles. The standard InChI is InChI=1S/C38H46F2N6O6S/c39-30-16-15-29(31-24-53-38(43-31)46-27-13-14-28(46)22-51-21-27)35(34(30)40)52-23-33(48)41-18-7-5-3-1-2-4-6-8-19-42-36(49)25-9-11-26(12-10-25)45-20-17-32(47)44-37(45)50/h9-12,15-16,24,27-28H,1-8,13-14,17-23H2,(H,41,48)(H,42,49)(H,44,47,50). The van der Waals surface area contributed by atoms with Crippen molar-refractivity contribution in [2.75, 3.05) is 49.3 Å². The SMILES string of the molecule is O=C(COc1c(-c2csc(N3C4CCC3COC4)n2)ccc(F)c1F)NCCCCCCCCCCNC(=O)c1ccc(N2CCC(=O)NC2=O)cc1. The highest BCUT2D eigenvalue weighted by Crippen LogP contribution is 2.40. The van der Waals surface area contributed by atoms with Gasteiger partial charge in [0.15, 0.2) is 23.3 Å². The second kappa shape index (κ2) is 18.4. The number of rotatable bonds is 18. The molecule has 2 unspecified atom stereocenters. The summed E-state index contributed by atoms with van der Waals surface area (Å²) in [4.78, 5) is 56.8. The van der Waals surface area contributed by atoms with E-state index < -0.39 is 30.2 Å². The number of urea groups is 1. The number of nitrogens with zero attached hydrogens (tertiary/aromatic N) is 3. The van der Waals surface area contributed by atoms with Crippen LogP contribution < -0.4 is 30.5 Å². The summed E-state index contributed by atoms with van der Waals surface area (Å²) in [5, 5.41) is 10.6. The molecule has 3 fully saturated rings. The molecule has 15 heteroatoms. The van der Waals surface area contributed by atoms with Crippen molar-refractivity contribution in [2.24, 2.45) is 0 Å². The zero-order chi connectivity index (χ0) is 37.2. The Hall–Kier alpha value is -4.63. The summed E-state index contributed by atoms with van der Waals surface area (Å²) < 4.78 is 40.3. The van der Waals surface area contributed by atoms with Crippen molar-refractivity contribution in [3.63, 3.8) is 0 Å². The highest BCUT2D eigenvalue weighted by atomic mass is 32.1. The number of imide groups is 1. The molecule has 284 valence electrons. The van der Waals surface area contributed by atoms with Crippen molar-refractivity contribution < 1.29 is 37.4 Å². The number of hydrogen-bond acceptors (Lipinski definition) is 9. The molecule has 3 aliphatic heterocycles. The molecule has 53 heavy (non-hydrogen) atoms. The fourth-order valence-corrected chi connectivity index (χ4v) is 7.92. The van der Waals surface area contributed by atoms with Crippen molar-refractivity contribution in [2.45, 2.75) is 82.7 Å². The molecule has 2 bridgehead atoms. The number of halogens is 2. The van der Waals surface area contributed by atoms with E-state index in [1.807, 2.05) is 0 Å². The molecule has 3 saturated heterocycles. The average Bonchev–Trinajstić information content (AvgIpc) is 3.73. The topological polar surface area (TPSA) is 142 Å². The van der Waals surface area contributed by atoms with Gasteiger partial charge in [-0.3, -0.25) is 24.6 Å². The normalized spacial score (nSPS) is 18.2. The van der Waals surface area contributed by atoms with Gasteiger partial charge in [0.2, 0.25) is 11.7 Å². The monoisotopic (exact) mass is 752 g/mol. The van der Waals surface area contributed by atoms with Crippen LogP contribution in [0.25, 0.3) is 11.3 Å². The lowest BCUT2D eigenvalue weighted by Gasteiger charge is -2.34. The number of carbonyl (C=O) groups is 4. The fraction of sp³-hybridized carbons (Fsp3) is 0.500. The van der Waals surface area contributed by atoms with E-state index >= 15 is 0 Å². The predicted molar refractivity (Wildman–Crippen MR) is 197 cm³/mol. The molecule has 12 nitrogen and oxygen atoms in total. The smallest absolute Gasteiger partial charge is 0.328 e. The number of carbonyl (C=O) groups excluding carboxylic acids is 4. The first-order chi connectivity index (χ1) is 25.8. The van der Waals surface area contributed by atoms with Gasteiger partial charge in [-0.15, -0.1) is 11.3 Å². The van der Waals surface area contributed by atoms with Crippen molar-refractivity contribution in [3.8, 4) is 17.0 Å². The van der Waals surface area contributed by atoms with Gasteiger partial charge >= 0.3 is 6.03 Å². The zero-order valence-electron chi connectivity index (χ0n) is 29.7. The van der Waals surface area contributed by atoms with E-state index in [0.717, 1.165) is 75.4 Å². The molecule has 3 aromatic rings. The summed E-state index contributed by atoms with van der Waals surface area (Å²) in [6.45, 7) is 2.22. The molecule has 0 radical (unpaired) electrons. The number of morpholine rings is 1. The Morgan fingerprint density at radius 3 is 2.25 bits per heavy atom. The third kappa shape index (κ3) is 9.87. The Balaban J connectivity index is 0.809. The van der Waals surface area contributed by atoms with E-state index in [0.29, 0.717) is 55.4 Å². The van der Waals surface area contributed by atoms with Gasteiger partial charge in [0, 0.05) is 48.2 Å². The molecule has 6 rings (SSSR count). The molecule has 3 aliphatic rings. The number of unbranched alkanes of at least 4 members (excludes halogenated alkanes) is 7. The van der Waals surface area contributed by atoms with Crippen LogP contribution in [0.5, 0.6) is 5.75 Å². The van der Waals surface area contributed by atoms with Crippen LogP contribution in [0.3, 0.4) is 0 Å². The number of hydrogen-bond donors (Lipinski definition) is 3. The van der Waals surface area contributed by atoms with Crippen LogP contribution >= 0.6 is 11.3 Å². The minimum absolute atomic E-state index is 0.167. The molecular formula is C38H46F2N6O6S. The molecule has 0 spiro atoms. The minimum Gasteiger partial charge on any atom is -0.480 e. The third-order valence-electron chi connectivity index (χ3n) is 9.83. The lowest BCUT2D eigenvalue weighted by molar-refractivity contribution is -0.123. The number of ether oxygens (including phenoxy) is 2. The third-order valence-corrected chi connectivity index (χ3v) is 10.7. The molecule has 2 aromatic carbocycles. The molecule has 0 aliphatic carbocycles. The first kappa shape index (κ1) is 38.1. The van der Waals surface area contributed by atoms with Crippen molar-refractivity contribution in [1.29, 1.82) is 0 Å². The molecule has 5 amide bonds. The fourth-order valence-electron chi connectivity index (χ4n) is 6.96. The first-order valence-corrected chi connectivity index (χ1v) is 19.4. The Morgan fingerprint density at radius 2 is 1.57 bits per heavy atom. The van der Waals surface area contributed by atoms with Crippen LogP contribution in [-0.2, 0) is 14.3 Å².